The molecule has 2 aliphatic rings. The molecule has 1 aromatic rings. The Labute approximate surface area is 130 Å². The van der Waals surface area contributed by atoms with Crippen LogP contribution in [0.25, 0.3) is 0 Å². The summed E-state index contributed by atoms with van der Waals surface area (Å²) < 4.78 is 0. The van der Waals surface area contributed by atoms with Gasteiger partial charge in [-0.15, -0.1) is 0 Å². The molecule has 1 atom stereocenters. The van der Waals surface area contributed by atoms with Crippen LogP contribution in [-0.4, -0.2) is 66.5 Å². The molecule has 0 bridgehead atoms. The number of rotatable bonds is 3. The van der Waals surface area contributed by atoms with Crippen LogP contribution in [0.3, 0.4) is 0 Å². The number of aromatic nitrogens is 1. The van der Waals surface area contributed by atoms with Crippen LogP contribution in [0.1, 0.15) is 23.2 Å². The summed E-state index contributed by atoms with van der Waals surface area (Å²) in [4.78, 5) is 22.3. The van der Waals surface area contributed by atoms with Gasteiger partial charge in [-0.3, -0.25) is 9.69 Å². The fourth-order valence-electron chi connectivity index (χ4n) is 2.92. The average Bonchev–Trinajstić information content (AvgIpc) is 3.38. The summed E-state index contributed by atoms with van der Waals surface area (Å²) in [6, 6.07) is 6.64. The van der Waals surface area contributed by atoms with E-state index in [4.69, 9.17) is 0 Å². The van der Waals surface area contributed by atoms with E-state index in [1.54, 1.807) is 26.4 Å². The third kappa shape index (κ3) is 2.90. The molecule has 1 amide bonds. The molecule has 6 nitrogen and oxygen atoms in total. The number of amides is 1. The van der Waals surface area contributed by atoms with Gasteiger partial charge in [0.05, 0.1) is 11.6 Å². The Kier molecular flexibility index (Phi) is 3.99. The van der Waals surface area contributed by atoms with Crippen LogP contribution in [0.2, 0.25) is 0 Å². The van der Waals surface area contributed by atoms with E-state index in [0.29, 0.717) is 18.2 Å². The van der Waals surface area contributed by atoms with E-state index in [1.165, 1.54) is 17.7 Å². The molecule has 1 aromatic heterocycles. The summed E-state index contributed by atoms with van der Waals surface area (Å²) in [5.41, 5.74) is 0.585. The van der Waals surface area contributed by atoms with E-state index >= 15 is 0 Å². The minimum atomic E-state index is -0.0638. The van der Waals surface area contributed by atoms with Crippen molar-refractivity contribution in [3.8, 4) is 6.07 Å². The minimum Gasteiger partial charge on any atom is -0.353 e. The van der Waals surface area contributed by atoms with Crippen molar-refractivity contribution in [2.75, 3.05) is 38.6 Å². The maximum absolute atomic E-state index is 11.9. The molecule has 0 N–H and O–H groups in total. The summed E-state index contributed by atoms with van der Waals surface area (Å²) >= 11 is 0. The second-order valence-electron chi connectivity index (χ2n) is 6.16. The molecule has 2 fully saturated rings. The maximum atomic E-state index is 11.9. The molecule has 6 heteroatoms. The maximum Gasteiger partial charge on any atom is 0.254 e. The Morgan fingerprint density at radius 3 is 2.68 bits per heavy atom. The molecule has 0 aromatic carbocycles. The second-order valence-corrected chi connectivity index (χ2v) is 6.16. The zero-order chi connectivity index (χ0) is 15.7. The van der Waals surface area contributed by atoms with E-state index in [-0.39, 0.29) is 11.9 Å². The number of anilines is 1. The van der Waals surface area contributed by atoms with Crippen LogP contribution >= 0.6 is 0 Å². The van der Waals surface area contributed by atoms with E-state index in [0.717, 1.165) is 18.9 Å². The monoisotopic (exact) mass is 299 g/mol. The largest absolute Gasteiger partial charge is 0.353 e. The first-order valence-corrected chi connectivity index (χ1v) is 7.68. The summed E-state index contributed by atoms with van der Waals surface area (Å²) in [7, 11) is 3.45. The lowest BCUT2D eigenvalue weighted by Gasteiger charge is -2.39. The van der Waals surface area contributed by atoms with Crippen LogP contribution in [0.4, 0.5) is 5.82 Å². The van der Waals surface area contributed by atoms with Crippen molar-refractivity contribution in [3.63, 3.8) is 0 Å². The van der Waals surface area contributed by atoms with Crippen molar-refractivity contribution < 1.29 is 4.79 Å². The lowest BCUT2D eigenvalue weighted by atomic mass is 10.1. The predicted molar refractivity (Wildman–Crippen MR) is 83.6 cm³/mol. The van der Waals surface area contributed by atoms with Crippen LogP contribution in [0, 0.1) is 11.3 Å². The zero-order valence-corrected chi connectivity index (χ0v) is 13.1. The molecule has 1 aliphatic carbocycles. The van der Waals surface area contributed by atoms with Gasteiger partial charge in [0.25, 0.3) is 5.91 Å². The van der Waals surface area contributed by atoms with Gasteiger partial charge in [0.15, 0.2) is 0 Å². The number of hydrogen-bond donors (Lipinski definition) is 0. The molecule has 1 unspecified atom stereocenters. The van der Waals surface area contributed by atoms with Gasteiger partial charge in [-0.05, 0) is 25.0 Å². The Hall–Kier alpha value is -2.13. The summed E-state index contributed by atoms with van der Waals surface area (Å²) in [5, 5.41) is 9.39. The van der Waals surface area contributed by atoms with Crippen molar-refractivity contribution in [2.24, 2.45) is 0 Å². The lowest BCUT2D eigenvalue weighted by Crippen LogP contribution is -2.53. The van der Waals surface area contributed by atoms with Crippen molar-refractivity contribution in [1.82, 2.24) is 14.8 Å². The Morgan fingerprint density at radius 1 is 1.36 bits per heavy atom. The van der Waals surface area contributed by atoms with Crippen LogP contribution in [-0.2, 0) is 0 Å². The smallest absolute Gasteiger partial charge is 0.254 e. The number of piperazine rings is 1. The zero-order valence-electron chi connectivity index (χ0n) is 13.1. The van der Waals surface area contributed by atoms with E-state index in [2.05, 4.69) is 20.9 Å². The van der Waals surface area contributed by atoms with Gasteiger partial charge >= 0.3 is 0 Å². The number of hydrogen-bond acceptors (Lipinski definition) is 5. The number of pyridine rings is 1. The van der Waals surface area contributed by atoms with Crippen LogP contribution in [0.5, 0.6) is 0 Å². The molecular weight excluding hydrogens is 278 g/mol. The van der Waals surface area contributed by atoms with Gasteiger partial charge in [0.2, 0.25) is 0 Å². The molecule has 0 radical (unpaired) electrons. The van der Waals surface area contributed by atoms with Crippen molar-refractivity contribution in [1.29, 1.82) is 5.26 Å². The highest BCUT2D eigenvalue weighted by atomic mass is 16.2. The number of carbonyl (C=O) groups is 1. The van der Waals surface area contributed by atoms with Gasteiger partial charge < -0.3 is 9.80 Å². The second kappa shape index (κ2) is 5.93. The van der Waals surface area contributed by atoms with Gasteiger partial charge in [0, 0.05) is 46.0 Å². The Morgan fingerprint density at radius 2 is 2.14 bits per heavy atom. The molecular formula is C16H21N5O. The lowest BCUT2D eigenvalue weighted by molar-refractivity contribution is 0.0827. The fourth-order valence-corrected chi connectivity index (χ4v) is 2.92. The van der Waals surface area contributed by atoms with Crippen molar-refractivity contribution >= 4 is 11.7 Å². The highest BCUT2D eigenvalue weighted by Gasteiger charge is 2.37. The Balaban J connectivity index is 1.69. The van der Waals surface area contributed by atoms with E-state index in [9.17, 15) is 10.1 Å². The normalized spacial score (nSPS) is 22.2. The summed E-state index contributed by atoms with van der Waals surface area (Å²) in [5.74, 6) is 0.790. The molecule has 1 aliphatic heterocycles. The number of carbonyl (C=O) groups excluding carboxylic acids is 1. The number of nitrogens with zero attached hydrogens (tertiary/aromatic N) is 5. The van der Waals surface area contributed by atoms with Gasteiger partial charge in [-0.2, -0.15) is 5.26 Å². The first kappa shape index (κ1) is 14.8. The summed E-state index contributed by atoms with van der Waals surface area (Å²) in [6.07, 6.45) is 4.06. The first-order chi connectivity index (χ1) is 10.6. The highest BCUT2D eigenvalue weighted by molar-refractivity contribution is 5.93. The van der Waals surface area contributed by atoms with E-state index < -0.39 is 0 Å². The molecule has 116 valence electrons. The topological polar surface area (TPSA) is 63.5 Å². The average molecular weight is 299 g/mol. The summed E-state index contributed by atoms with van der Waals surface area (Å²) in [6.45, 7) is 2.46. The molecule has 3 rings (SSSR count). The number of nitriles is 1. The van der Waals surface area contributed by atoms with Crippen molar-refractivity contribution in [2.45, 2.75) is 24.9 Å². The quantitative estimate of drug-likeness (QED) is 0.832. The van der Waals surface area contributed by atoms with Gasteiger partial charge in [0.1, 0.15) is 11.9 Å². The molecule has 2 heterocycles. The standard InChI is InChI=1S/C16H21N5O/c1-19(2)16(22)12-3-6-15(18-10-12)20-7-8-21(13-4-5-13)14(9-17)11-20/h3,6,10,13-14H,4-5,7-8,11H2,1-2H3. The highest BCUT2D eigenvalue weighted by Crippen LogP contribution is 2.30. The third-order valence-electron chi connectivity index (χ3n) is 4.31. The minimum absolute atomic E-state index is 0.0486. The molecule has 1 saturated heterocycles. The van der Waals surface area contributed by atoms with Crippen LogP contribution < -0.4 is 4.90 Å². The van der Waals surface area contributed by atoms with Gasteiger partial charge in [-0.25, -0.2) is 4.98 Å². The first-order valence-electron chi connectivity index (χ1n) is 7.68. The van der Waals surface area contributed by atoms with Gasteiger partial charge in [-0.1, -0.05) is 0 Å². The fraction of sp³-hybridized carbons (Fsp3) is 0.562. The SMILES string of the molecule is CN(C)C(=O)c1ccc(N2CCN(C3CC3)C(C#N)C2)nc1. The Bertz CT molecular complexity index is 588. The molecule has 1 saturated carbocycles. The molecule has 0 spiro atoms. The molecule has 22 heavy (non-hydrogen) atoms. The van der Waals surface area contributed by atoms with E-state index in [1.807, 2.05) is 6.07 Å². The van der Waals surface area contributed by atoms with Crippen molar-refractivity contribution in [3.05, 3.63) is 23.9 Å². The van der Waals surface area contributed by atoms with Crippen LogP contribution in [0.15, 0.2) is 18.3 Å². The predicted octanol–water partition coefficient (Wildman–Crippen LogP) is 0.960. The third-order valence-corrected chi connectivity index (χ3v) is 4.31.